The molecule has 0 radical (unpaired) electrons. The third kappa shape index (κ3) is 5.46. The largest absolute Gasteiger partial charge is 0.444 e. The van der Waals surface area contributed by atoms with Crippen molar-refractivity contribution in [2.24, 2.45) is 0 Å². The van der Waals surface area contributed by atoms with Crippen LogP contribution in [0.4, 0.5) is 21.0 Å². The molecule has 1 aliphatic heterocycles. The van der Waals surface area contributed by atoms with E-state index in [1.54, 1.807) is 17.0 Å². The zero-order chi connectivity index (χ0) is 22.3. The van der Waals surface area contributed by atoms with Gasteiger partial charge in [0.15, 0.2) is 0 Å². The summed E-state index contributed by atoms with van der Waals surface area (Å²) in [5.74, 6) is 0. The molecular formula is C26H27N3O3. The average Bonchev–Trinajstić information content (AvgIpc) is 2.82. The number of aryl methyl sites for hydroxylation is 1. The van der Waals surface area contributed by atoms with Crippen molar-refractivity contribution >= 4 is 23.5 Å². The van der Waals surface area contributed by atoms with Gasteiger partial charge >= 0.3 is 12.1 Å². The number of ether oxygens (including phenoxy) is 1. The van der Waals surface area contributed by atoms with Crippen LogP contribution in [0, 0.1) is 6.92 Å². The minimum atomic E-state index is -0.514. The van der Waals surface area contributed by atoms with E-state index in [0.29, 0.717) is 18.8 Å². The molecule has 0 bridgehead atoms. The Balaban J connectivity index is 1.33. The SMILES string of the molecule is Cc1ccc(CN2CCCN(c3ccc(NC(=O)OCc4ccccc4)cc3)C2=O)cc1. The Morgan fingerprint density at radius 2 is 1.62 bits per heavy atom. The summed E-state index contributed by atoms with van der Waals surface area (Å²) in [6.45, 7) is 4.29. The van der Waals surface area contributed by atoms with E-state index in [1.807, 2.05) is 47.4 Å². The second-order valence-electron chi connectivity index (χ2n) is 7.93. The average molecular weight is 430 g/mol. The molecule has 1 fully saturated rings. The maximum Gasteiger partial charge on any atom is 0.411 e. The molecule has 0 aromatic heterocycles. The number of nitrogens with one attached hydrogen (secondary N) is 1. The predicted octanol–water partition coefficient (Wildman–Crippen LogP) is 5.58. The maximum atomic E-state index is 13.0. The quantitative estimate of drug-likeness (QED) is 0.557. The van der Waals surface area contributed by atoms with Crippen molar-refractivity contribution in [3.05, 3.63) is 95.6 Å². The van der Waals surface area contributed by atoms with Gasteiger partial charge in [0, 0.05) is 31.0 Å². The van der Waals surface area contributed by atoms with Gasteiger partial charge in [-0.05, 0) is 48.7 Å². The molecule has 3 amide bonds. The second-order valence-corrected chi connectivity index (χ2v) is 7.93. The van der Waals surface area contributed by atoms with Crippen molar-refractivity contribution in [2.45, 2.75) is 26.5 Å². The molecule has 0 atom stereocenters. The van der Waals surface area contributed by atoms with E-state index >= 15 is 0 Å². The van der Waals surface area contributed by atoms with Crippen LogP contribution in [0.25, 0.3) is 0 Å². The van der Waals surface area contributed by atoms with E-state index < -0.39 is 6.09 Å². The van der Waals surface area contributed by atoms with E-state index in [9.17, 15) is 9.59 Å². The Bertz CT molecular complexity index is 1050. The standard InChI is InChI=1S/C26H27N3O3/c1-20-8-10-21(11-9-20)18-28-16-5-17-29(26(28)31)24-14-12-23(13-15-24)27-25(30)32-19-22-6-3-2-4-7-22/h2-4,6-15H,5,16-19H2,1H3,(H,27,30). The summed E-state index contributed by atoms with van der Waals surface area (Å²) in [5, 5.41) is 2.72. The van der Waals surface area contributed by atoms with Crippen LogP contribution < -0.4 is 10.2 Å². The fourth-order valence-electron chi connectivity index (χ4n) is 3.68. The molecule has 1 saturated heterocycles. The lowest BCUT2D eigenvalue weighted by molar-refractivity contribution is 0.155. The smallest absolute Gasteiger partial charge is 0.411 e. The van der Waals surface area contributed by atoms with Crippen molar-refractivity contribution in [1.82, 2.24) is 4.90 Å². The lowest BCUT2D eigenvalue weighted by Gasteiger charge is -2.35. The molecule has 32 heavy (non-hydrogen) atoms. The first-order valence-electron chi connectivity index (χ1n) is 10.8. The van der Waals surface area contributed by atoms with E-state index in [4.69, 9.17) is 4.74 Å². The molecule has 0 spiro atoms. The highest BCUT2D eigenvalue weighted by Gasteiger charge is 2.26. The van der Waals surface area contributed by atoms with E-state index in [1.165, 1.54) is 5.56 Å². The first-order chi connectivity index (χ1) is 15.6. The summed E-state index contributed by atoms with van der Waals surface area (Å²) >= 11 is 0. The van der Waals surface area contributed by atoms with Crippen molar-refractivity contribution in [3.63, 3.8) is 0 Å². The number of urea groups is 1. The highest BCUT2D eigenvalue weighted by Crippen LogP contribution is 2.23. The number of rotatable bonds is 6. The molecular weight excluding hydrogens is 402 g/mol. The third-order valence-electron chi connectivity index (χ3n) is 5.44. The summed E-state index contributed by atoms with van der Waals surface area (Å²) in [5.41, 5.74) is 4.69. The van der Waals surface area contributed by atoms with Crippen LogP contribution in [0.5, 0.6) is 0 Å². The van der Waals surface area contributed by atoms with Crippen LogP contribution in [-0.2, 0) is 17.9 Å². The summed E-state index contributed by atoms with van der Waals surface area (Å²) in [6.07, 6.45) is 0.392. The van der Waals surface area contributed by atoms with Gasteiger partial charge in [-0.3, -0.25) is 10.2 Å². The van der Waals surface area contributed by atoms with Crippen LogP contribution in [0.15, 0.2) is 78.9 Å². The van der Waals surface area contributed by atoms with Crippen LogP contribution in [0.3, 0.4) is 0 Å². The summed E-state index contributed by atoms with van der Waals surface area (Å²) < 4.78 is 5.25. The number of anilines is 2. The molecule has 6 heteroatoms. The van der Waals surface area contributed by atoms with E-state index in [0.717, 1.165) is 29.8 Å². The van der Waals surface area contributed by atoms with Gasteiger partial charge in [-0.2, -0.15) is 0 Å². The molecule has 1 aliphatic rings. The molecule has 1 N–H and O–H groups in total. The number of carbonyl (C=O) groups excluding carboxylic acids is 2. The van der Waals surface area contributed by atoms with Crippen LogP contribution in [-0.4, -0.2) is 30.1 Å². The third-order valence-corrected chi connectivity index (χ3v) is 5.44. The van der Waals surface area contributed by atoms with Gasteiger partial charge in [0.25, 0.3) is 0 Å². The van der Waals surface area contributed by atoms with Crippen molar-refractivity contribution in [3.8, 4) is 0 Å². The van der Waals surface area contributed by atoms with Gasteiger partial charge in [-0.15, -0.1) is 0 Å². The lowest BCUT2D eigenvalue weighted by Crippen LogP contribution is -2.49. The highest BCUT2D eigenvalue weighted by molar-refractivity contribution is 5.93. The minimum Gasteiger partial charge on any atom is -0.444 e. The summed E-state index contributed by atoms with van der Waals surface area (Å²) in [6, 6.07) is 25.1. The summed E-state index contributed by atoms with van der Waals surface area (Å²) in [7, 11) is 0. The van der Waals surface area contributed by atoms with Gasteiger partial charge < -0.3 is 9.64 Å². The monoisotopic (exact) mass is 429 g/mol. The molecule has 3 aromatic carbocycles. The minimum absolute atomic E-state index is 0.000181. The Morgan fingerprint density at radius 3 is 2.34 bits per heavy atom. The zero-order valence-electron chi connectivity index (χ0n) is 18.2. The second kappa shape index (κ2) is 10.0. The Kier molecular flexibility index (Phi) is 6.70. The van der Waals surface area contributed by atoms with Crippen LogP contribution in [0.2, 0.25) is 0 Å². The van der Waals surface area contributed by atoms with Gasteiger partial charge in [0.05, 0.1) is 0 Å². The Labute approximate surface area is 188 Å². The molecule has 0 saturated carbocycles. The van der Waals surface area contributed by atoms with Gasteiger partial charge in [0.2, 0.25) is 0 Å². The maximum absolute atomic E-state index is 13.0. The Hall–Kier alpha value is -3.80. The zero-order valence-corrected chi connectivity index (χ0v) is 18.2. The number of hydrogen-bond donors (Lipinski definition) is 1. The van der Waals surface area contributed by atoms with E-state index in [-0.39, 0.29) is 12.6 Å². The number of nitrogens with zero attached hydrogens (tertiary/aromatic N) is 2. The van der Waals surface area contributed by atoms with Crippen molar-refractivity contribution in [2.75, 3.05) is 23.3 Å². The van der Waals surface area contributed by atoms with E-state index in [2.05, 4.69) is 36.5 Å². The van der Waals surface area contributed by atoms with Gasteiger partial charge in [0.1, 0.15) is 6.61 Å². The van der Waals surface area contributed by atoms with Gasteiger partial charge in [-0.25, -0.2) is 9.59 Å². The van der Waals surface area contributed by atoms with Crippen LogP contribution in [0.1, 0.15) is 23.1 Å². The first kappa shape index (κ1) is 21.4. The van der Waals surface area contributed by atoms with Gasteiger partial charge in [-0.1, -0.05) is 60.2 Å². The topological polar surface area (TPSA) is 61.9 Å². The number of amides is 3. The Morgan fingerprint density at radius 1 is 0.906 bits per heavy atom. The van der Waals surface area contributed by atoms with Crippen molar-refractivity contribution < 1.29 is 14.3 Å². The lowest BCUT2D eigenvalue weighted by atomic mass is 10.1. The predicted molar refractivity (Wildman–Crippen MR) is 126 cm³/mol. The summed E-state index contributed by atoms with van der Waals surface area (Å²) in [4.78, 5) is 28.8. The first-order valence-corrected chi connectivity index (χ1v) is 10.8. The van der Waals surface area contributed by atoms with Crippen molar-refractivity contribution in [1.29, 1.82) is 0 Å². The number of hydrogen-bond acceptors (Lipinski definition) is 3. The molecule has 4 rings (SSSR count). The molecule has 6 nitrogen and oxygen atoms in total. The molecule has 164 valence electrons. The molecule has 0 unspecified atom stereocenters. The molecule has 1 heterocycles. The molecule has 0 aliphatic carbocycles. The fraction of sp³-hybridized carbons (Fsp3) is 0.231. The van der Waals surface area contributed by atoms with Crippen LogP contribution >= 0.6 is 0 Å². The highest BCUT2D eigenvalue weighted by atomic mass is 16.5. The fourth-order valence-corrected chi connectivity index (χ4v) is 3.68. The number of benzene rings is 3. The normalized spacial score (nSPS) is 13.7. The number of carbonyl (C=O) groups is 2. The molecule has 3 aromatic rings.